The molecule has 1 aliphatic heterocycles. The van der Waals surface area contributed by atoms with E-state index in [1.165, 1.54) is 13.4 Å². The molecule has 1 fully saturated rings. The number of rotatable bonds is 3. The van der Waals surface area contributed by atoms with Gasteiger partial charge >= 0.3 is 0 Å². The summed E-state index contributed by atoms with van der Waals surface area (Å²) in [6.45, 7) is 1.79. The number of hydrogen-bond donors (Lipinski definition) is 1. The number of amides is 2. The monoisotopic (exact) mass is 266 g/mol. The van der Waals surface area contributed by atoms with Crippen molar-refractivity contribution >= 4 is 17.6 Å². The van der Waals surface area contributed by atoms with Gasteiger partial charge in [-0.1, -0.05) is 6.92 Å². The summed E-state index contributed by atoms with van der Waals surface area (Å²) >= 11 is 0. The predicted molar refractivity (Wildman–Crippen MR) is 65.8 cm³/mol. The lowest BCUT2D eigenvalue weighted by molar-refractivity contribution is -0.146. The molecule has 1 saturated heterocycles. The van der Waals surface area contributed by atoms with Gasteiger partial charge < -0.3 is 5.32 Å². The zero-order valence-corrected chi connectivity index (χ0v) is 10.8. The van der Waals surface area contributed by atoms with Crippen LogP contribution in [0.15, 0.2) is 6.33 Å². The van der Waals surface area contributed by atoms with Crippen LogP contribution in [0.5, 0.6) is 0 Å². The Morgan fingerprint density at radius 3 is 2.89 bits per heavy atom. The second-order valence-corrected chi connectivity index (χ2v) is 4.36. The Morgan fingerprint density at radius 2 is 2.21 bits per heavy atom. The summed E-state index contributed by atoms with van der Waals surface area (Å²) in [4.78, 5) is 31.9. The molecular formula is C12H15FN4O2. The largest absolute Gasteiger partial charge is 0.356 e. The minimum Gasteiger partial charge on any atom is -0.356 e. The Hall–Kier alpha value is -2.05. The number of carbonyl (C=O) groups excluding carboxylic acids is 2. The van der Waals surface area contributed by atoms with Crippen LogP contribution in [0.3, 0.4) is 0 Å². The molecule has 1 unspecified atom stereocenters. The third-order valence-corrected chi connectivity index (χ3v) is 3.16. The van der Waals surface area contributed by atoms with Gasteiger partial charge in [-0.15, -0.1) is 0 Å². The fourth-order valence-corrected chi connectivity index (χ4v) is 1.97. The minimum absolute atomic E-state index is 0.00736. The Bertz CT molecular complexity index is 520. The molecule has 1 aromatic rings. The first-order chi connectivity index (χ1) is 9.04. The highest BCUT2D eigenvalue weighted by Crippen LogP contribution is 2.19. The van der Waals surface area contributed by atoms with E-state index < -0.39 is 11.9 Å². The molecule has 1 atom stereocenters. The van der Waals surface area contributed by atoms with Crippen molar-refractivity contribution in [2.45, 2.75) is 32.2 Å². The van der Waals surface area contributed by atoms with E-state index in [9.17, 15) is 14.0 Å². The van der Waals surface area contributed by atoms with Gasteiger partial charge in [0.2, 0.25) is 5.91 Å². The topological polar surface area (TPSA) is 75.2 Å². The fourth-order valence-electron chi connectivity index (χ4n) is 1.97. The van der Waals surface area contributed by atoms with Crippen LogP contribution in [0.1, 0.15) is 25.5 Å². The van der Waals surface area contributed by atoms with Crippen LogP contribution in [0, 0.1) is 5.82 Å². The van der Waals surface area contributed by atoms with Crippen LogP contribution < -0.4 is 5.32 Å². The van der Waals surface area contributed by atoms with E-state index in [4.69, 9.17) is 0 Å². The standard InChI is InChI=1S/C12H15FN4O2/c1-3-7-10(13)11(15-6-14-7)16-8-4-5-9(18)17(2)12(8)19/h6,8H,3-5H2,1-2H3,(H,14,15,16). The van der Waals surface area contributed by atoms with E-state index in [1.54, 1.807) is 6.92 Å². The molecular weight excluding hydrogens is 251 g/mol. The van der Waals surface area contributed by atoms with E-state index in [2.05, 4.69) is 15.3 Å². The van der Waals surface area contributed by atoms with Gasteiger partial charge in [-0.3, -0.25) is 14.5 Å². The van der Waals surface area contributed by atoms with Crippen LogP contribution in [0.2, 0.25) is 0 Å². The molecule has 7 heteroatoms. The number of nitrogens with one attached hydrogen (secondary N) is 1. The molecule has 2 heterocycles. The Morgan fingerprint density at radius 1 is 1.47 bits per heavy atom. The number of likely N-dealkylation sites (N-methyl/N-ethyl adjacent to an activating group) is 1. The molecule has 1 N–H and O–H groups in total. The molecule has 2 amide bonds. The van der Waals surface area contributed by atoms with Crippen molar-refractivity contribution in [2.24, 2.45) is 0 Å². The molecule has 0 spiro atoms. The number of imide groups is 1. The van der Waals surface area contributed by atoms with Gasteiger partial charge in [-0.25, -0.2) is 14.4 Å². The van der Waals surface area contributed by atoms with E-state index in [0.717, 1.165) is 4.90 Å². The van der Waals surface area contributed by atoms with E-state index in [-0.39, 0.29) is 24.1 Å². The first-order valence-corrected chi connectivity index (χ1v) is 6.11. The van der Waals surface area contributed by atoms with Gasteiger partial charge in [0.05, 0.1) is 5.69 Å². The van der Waals surface area contributed by atoms with Gasteiger partial charge in [0, 0.05) is 13.5 Å². The van der Waals surface area contributed by atoms with Gasteiger partial charge in [0.25, 0.3) is 5.91 Å². The molecule has 1 aliphatic rings. The highest BCUT2D eigenvalue weighted by molar-refractivity contribution is 6.01. The number of aryl methyl sites for hydroxylation is 1. The molecule has 0 bridgehead atoms. The lowest BCUT2D eigenvalue weighted by Gasteiger charge is -2.28. The van der Waals surface area contributed by atoms with Crippen LogP contribution in [-0.4, -0.2) is 39.8 Å². The van der Waals surface area contributed by atoms with Crippen molar-refractivity contribution in [1.82, 2.24) is 14.9 Å². The molecule has 0 aliphatic carbocycles. The maximum absolute atomic E-state index is 13.9. The molecule has 2 rings (SSSR count). The Balaban J connectivity index is 2.18. The first kappa shape index (κ1) is 13.4. The maximum atomic E-state index is 13.9. The number of hydrogen-bond acceptors (Lipinski definition) is 5. The minimum atomic E-state index is -0.628. The summed E-state index contributed by atoms with van der Waals surface area (Å²) in [7, 11) is 1.42. The average Bonchev–Trinajstić information content (AvgIpc) is 2.41. The fraction of sp³-hybridized carbons (Fsp3) is 0.500. The third kappa shape index (κ3) is 2.54. The van der Waals surface area contributed by atoms with Crippen molar-refractivity contribution in [1.29, 1.82) is 0 Å². The first-order valence-electron chi connectivity index (χ1n) is 6.11. The molecule has 0 saturated carbocycles. The number of piperidine rings is 1. The SMILES string of the molecule is CCc1ncnc(NC2CCC(=O)N(C)C2=O)c1F. The zero-order valence-electron chi connectivity index (χ0n) is 10.8. The van der Waals surface area contributed by atoms with Crippen molar-refractivity contribution in [3.63, 3.8) is 0 Å². The van der Waals surface area contributed by atoms with Crippen molar-refractivity contribution in [3.05, 3.63) is 17.8 Å². The number of nitrogens with zero attached hydrogens (tertiary/aromatic N) is 3. The van der Waals surface area contributed by atoms with Gasteiger partial charge in [0.1, 0.15) is 12.4 Å². The van der Waals surface area contributed by atoms with Gasteiger partial charge in [-0.2, -0.15) is 0 Å². The Kier molecular flexibility index (Phi) is 3.73. The number of aromatic nitrogens is 2. The third-order valence-electron chi connectivity index (χ3n) is 3.16. The predicted octanol–water partition coefficient (Wildman–Crippen LogP) is 0.737. The normalized spacial score (nSPS) is 19.7. The number of halogens is 1. The van der Waals surface area contributed by atoms with Crippen LogP contribution >= 0.6 is 0 Å². The van der Waals surface area contributed by atoms with Crippen LogP contribution in [-0.2, 0) is 16.0 Å². The van der Waals surface area contributed by atoms with Gasteiger partial charge in [0.15, 0.2) is 11.6 Å². The molecule has 1 aromatic heterocycles. The second kappa shape index (κ2) is 5.29. The summed E-state index contributed by atoms with van der Waals surface area (Å²) in [5, 5.41) is 2.76. The summed E-state index contributed by atoms with van der Waals surface area (Å²) in [6.07, 6.45) is 2.30. The smallest absolute Gasteiger partial charge is 0.251 e. The summed E-state index contributed by atoms with van der Waals surface area (Å²) < 4.78 is 13.9. The highest BCUT2D eigenvalue weighted by atomic mass is 19.1. The Labute approximate surface area is 110 Å². The number of carbonyl (C=O) groups is 2. The quantitative estimate of drug-likeness (QED) is 0.817. The summed E-state index contributed by atoms with van der Waals surface area (Å²) in [5.41, 5.74) is 0.296. The number of likely N-dealkylation sites (tertiary alicyclic amines) is 1. The lowest BCUT2D eigenvalue weighted by Crippen LogP contribution is -2.48. The molecule has 0 aromatic carbocycles. The maximum Gasteiger partial charge on any atom is 0.251 e. The van der Waals surface area contributed by atoms with Gasteiger partial charge in [-0.05, 0) is 12.8 Å². The van der Waals surface area contributed by atoms with E-state index >= 15 is 0 Å². The van der Waals surface area contributed by atoms with Crippen molar-refractivity contribution < 1.29 is 14.0 Å². The summed E-state index contributed by atoms with van der Waals surface area (Å²) in [5.74, 6) is -1.13. The molecule has 19 heavy (non-hydrogen) atoms. The lowest BCUT2D eigenvalue weighted by atomic mass is 10.0. The zero-order chi connectivity index (χ0) is 14.0. The second-order valence-electron chi connectivity index (χ2n) is 4.36. The number of anilines is 1. The molecule has 6 nitrogen and oxygen atoms in total. The van der Waals surface area contributed by atoms with Crippen LogP contribution in [0.25, 0.3) is 0 Å². The molecule has 0 radical (unpaired) electrons. The average molecular weight is 266 g/mol. The molecule has 102 valence electrons. The summed E-state index contributed by atoms with van der Waals surface area (Å²) in [6, 6.07) is -0.628. The van der Waals surface area contributed by atoms with Crippen LogP contribution in [0.4, 0.5) is 10.2 Å². The van der Waals surface area contributed by atoms with E-state index in [0.29, 0.717) is 18.5 Å². The van der Waals surface area contributed by atoms with Crippen molar-refractivity contribution in [2.75, 3.05) is 12.4 Å². The highest BCUT2D eigenvalue weighted by Gasteiger charge is 2.32. The van der Waals surface area contributed by atoms with Crippen molar-refractivity contribution in [3.8, 4) is 0 Å². The van der Waals surface area contributed by atoms with E-state index in [1.807, 2.05) is 0 Å².